The number of nitrogens with one attached hydrogen (secondary N) is 1. The molecule has 0 fully saturated rings. The predicted molar refractivity (Wildman–Crippen MR) is 59.9 cm³/mol. The van der Waals surface area contributed by atoms with E-state index in [9.17, 15) is 9.18 Å². The van der Waals surface area contributed by atoms with Crippen LogP contribution in [0.25, 0.3) is 10.9 Å². The lowest BCUT2D eigenvalue weighted by Crippen LogP contribution is -2.05. The first-order valence-corrected chi connectivity index (χ1v) is 5.35. The Kier molecular flexibility index (Phi) is 2.45. The van der Waals surface area contributed by atoms with Crippen LogP contribution in [0.1, 0.15) is 0 Å². The molecule has 0 aliphatic carbocycles. The van der Waals surface area contributed by atoms with Gasteiger partial charge in [-0.1, -0.05) is 0 Å². The van der Waals surface area contributed by atoms with Crippen LogP contribution in [-0.4, -0.2) is 4.98 Å². The zero-order chi connectivity index (χ0) is 10.3. The lowest BCUT2D eigenvalue weighted by atomic mass is 10.2. The summed E-state index contributed by atoms with van der Waals surface area (Å²) >= 11 is 6.30. The van der Waals surface area contributed by atoms with Crippen LogP contribution in [0.5, 0.6) is 0 Å². The van der Waals surface area contributed by atoms with Crippen molar-refractivity contribution in [1.29, 1.82) is 0 Å². The molecule has 1 heterocycles. The van der Waals surface area contributed by atoms with E-state index in [2.05, 4.69) is 36.8 Å². The fourth-order valence-corrected chi connectivity index (χ4v) is 2.06. The third kappa shape index (κ3) is 1.40. The normalized spacial score (nSPS) is 10.8. The molecule has 5 heteroatoms. The lowest BCUT2D eigenvalue weighted by molar-refractivity contribution is 0.636. The molecule has 1 aromatic carbocycles. The Bertz CT molecular complexity index is 564. The van der Waals surface area contributed by atoms with Crippen molar-refractivity contribution in [2.45, 2.75) is 0 Å². The smallest absolute Gasteiger partial charge is 0.204 e. The van der Waals surface area contributed by atoms with E-state index in [4.69, 9.17) is 0 Å². The number of H-pyrrole nitrogens is 1. The van der Waals surface area contributed by atoms with E-state index in [0.717, 1.165) is 0 Å². The highest BCUT2D eigenvalue weighted by molar-refractivity contribution is 9.11. The molecule has 0 spiro atoms. The quantitative estimate of drug-likeness (QED) is 0.794. The van der Waals surface area contributed by atoms with Crippen molar-refractivity contribution in [3.8, 4) is 0 Å². The first kappa shape index (κ1) is 9.86. The summed E-state index contributed by atoms with van der Waals surface area (Å²) in [7, 11) is 0. The maximum Gasteiger partial charge on any atom is 0.204 e. The second kappa shape index (κ2) is 3.47. The van der Waals surface area contributed by atoms with E-state index in [1.54, 1.807) is 0 Å². The van der Waals surface area contributed by atoms with Gasteiger partial charge in [-0.25, -0.2) is 4.39 Å². The minimum Gasteiger partial charge on any atom is -0.357 e. The largest absolute Gasteiger partial charge is 0.357 e. The van der Waals surface area contributed by atoms with Gasteiger partial charge in [0.05, 0.1) is 15.4 Å². The number of aromatic amines is 1. The summed E-state index contributed by atoms with van der Waals surface area (Å²) in [4.78, 5) is 14.4. The zero-order valence-electron chi connectivity index (χ0n) is 6.77. The van der Waals surface area contributed by atoms with Crippen LogP contribution in [0.2, 0.25) is 0 Å². The standard InChI is InChI=1S/C9H4Br2FNO/c10-4-1-2-6(12)8-7(4)9(14)5(11)3-13-8/h1-3H,(H,13,14). The average molecular weight is 321 g/mol. The Hall–Kier alpha value is -0.680. The summed E-state index contributed by atoms with van der Waals surface area (Å²) in [6, 6.07) is 2.82. The molecule has 2 aromatic rings. The highest BCUT2D eigenvalue weighted by Crippen LogP contribution is 2.22. The van der Waals surface area contributed by atoms with E-state index in [-0.39, 0.29) is 10.9 Å². The summed E-state index contributed by atoms with van der Waals surface area (Å²) in [6.45, 7) is 0. The van der Waals surface area contributed by atoms with Gasteiger partial charge in [0, 0.05) is 10.7 Å². The molecule has 0 atom stereocenters. The van der Waals surface area contributed by atoms with Gasteiger partial charge in [0.15, 0.2) is 0 Å². The van der Waals surface area contributed by atoms with E-state index < -0.39 is 5.82 Å². The number of aromatic nitrogens is 1. The van der Waals surface area contributed by atoms with Crippen molar-refractivity contribution in [3.63, 3.8) is 0 Å². The van der Waals surface area contributed by atoms with Crippen LogP contribution in [-0.2, 0) is 0 Å². The molecule has 1 N–H and O–H groups in total. The van der Waals surface area contributed by atoms with Crippen molar-refractivity contribution < 1.29 is 4.39 Å². The number of benzene rings is 1. The van der Waals surface area contributed by atoms with E-state index in [1.165, 1.54) is 18.3 Å². The third-order valence-corrected chi connectivity index (χ3v) is 3.14. The number of halogens is 3. The summed E-state index contributed by atoms with van der Waals surface area (Å²) in [5, 5.41) is 0.319. The topological polar surface area (TPSA) is 32.9 Å². The van der Waals surface area contributed by atoms with E-state index in [1.807, 2.05) is 0 Å². The number of fused-ring (bicyclic) bond motifs is 1. The SMILES string of the molecule is O=c1c(Br)c[nH]c2c(F)ccc(Br)c12. The molecule has 0 amide bonds. The lowest BCUT2D eigenvalue weighted by Gasteiger charge is -2.01. The second-order valence-corrected chi connectivity index (χ2v) is 4.45. The van der Waals surface area contributed by atoms with Gasteiger partial charge in [-0.15, -0.1) is 0 Å². The number of rotatable bonds is 0. The Morgan fingerprint density at radius 1 is 1.21 bits per heavy atom. The highest BCUT2D eigenvalue weighted by atomic mass is 79.9. The van der Waals surface area contributed by atoms with Crippen molar-refractivity contribution in [3.05, 3.63) is 43.3 Å². The molecule has 0 bridgehead atoms. The van der Waals surface area contributed by atoms with E-state index in [0.29, 0.717) is 14.3 Å². The van der Waals surface area contributed by atoms with Gasteiger partial charge in [-0.2, -0.15) is 0 Å². The maximum atomic E-state index is 13.3. The highest BCUT2D eigenvalue weighted by Gasteiger charge is 2.09. The number of hydrogen-bond donors (Lipinski definition) is 1. The van der Waals surface area contributed by atoms with Crippen LogP contribution >= 0.6 is 31.9 Å². The molecule has 0 saturated carbocycles. The molecule has 0 radical (unpaired) electrons. The predicted octanol–water partition coefficient (Wildman–Crippen LogP) is 3.19. The van der Waals surface area contributed by atoms with Gasteiger partial charge in [0.25, 0.3) is 0 Å². The molecule has 0 aliphatic heterocycles. The Labute approximate surface area is 95.4 Å². The van der Waals surface area contributed by atoms with Crippen LogP contribution in [0.15, 0.2) is 32.1 Å². The summed E-state index contributed by atoms with van der Waals surface area (Å²) in [6.07, 6.45) is 1.43. The minimum atomic E-state index is -0.437. The Balaban J connectivity index is 3.09. The van der Waals surface area contributed by atoms with Crippen LogP contribution < -0.4 is 5.43 Å². The molecule has 0 aliphatic rings. The molecule has 2 rings (SSSR count). The second-order valence-electron chi connectivity index (χ2n) is 2.74. The van der Waals surface area contributed by atoms with Crippen LogP contribution in [0, 0.1) is 5.82 Å². The summed E-state index contributed by atoms with van der Waals surface area (Å²) in [5.74, 6) is -0.437. The van der Waals surface area contributed by atoms with Crippen molar-refractivity contribution in [2.24, 2.45) is 0 Å². The van der Waals surface area contributed by atoms with Gasteiger partial charge in [0.2, 0.25) is 5.43 Å². The number of hydrogen-bond acceptors (Lipinski definition) is 1. The fraction of sp³-hybridized carbons (Fsp3) is 0. The molecule has 0 unspecified atom stereocenters. The van der Waals surface area contributed by atoms with Gasteiger partial charge < -0.3 is 4.98 Å². The van der Waals surface area contributed by atoms with Crippen LogP contribution in [0.4, 0.5) is 4.39 Å². The summed E-state index contributed by atoms with van der Waals surface area (Å²) < 4.78 is 14.2. The first-order chi connectivity index (χ1) is 6.61. The molecule has 0 saturated heterocycles. The van der Waals surface area contributed by atoms with Crippen molar-refractivity contribution >= 4 is 42.8 Å². The molecule has 14 heavy (non-hydrogen) atoms. The van der Waals surface area contributed by atoms with Crippen molar-refractivity contribution in [1.82, 2.24) is 4.98 Å². The van der Waals surface area contributed by atoms with Gasteiger partial charge >= 0.3 is 0 Å². The molecular formula is C9H4Br2FNO. The number of pyridine rings is 1. The van der Waals surface area contributed by atoms with E-state index >= 15 is 0 Å². The van der Waals surface area contributed by atoms with Crippen molar-refractivity contribution in [2.75, 3.05) is 0 Å². The molecule has 1 aromatic heterocycles. The summed E-state index contributed by atoms with van der Waals surface area (Å²) in [5.41, 5.74) is -0.0160. The monoisotopic (exact) mass is 319 g/mol. The average Bonchev–Trinajstić information content (AvgIpc) is 2.16. The maximum absolute atomic E-state index is 13.3. The molecule has 72 valence electrons. The first-order valence-electron chi connectivity index (χ1n) is 3.76. The Morgan fingerprint density at radius 2 is 1.93 bits per heavy atom. The Morgan fingerprint density at radius 3 is 2.64 bits per heavy atom. The zero-order valence-corrected chi connectivity index (χ0v) is 9.95. The van der Waals surface area contributed by atoms with Gasteiger partial charge in [-0.05, 0) is 44.0 Å². The minimum absolute atomic E-state index is 0.215. The molecule has 2 nitrogen and oxygen atoms in total. The fourth-order valence-electron chi connectivity index (χ4n) is 1.24. The third-order valence-electron chi connectivity index (χ3n) is 1.89. The van der Waals surface area contributed by atoms with Gasteiger partial charge in [0.1, 0.15) is 5.82 Å². The van der Waals surface area contributed by atoms with Gasteiger partial charge in [-0.3, -0.25) is 4.79 Å². The van der Waals surface area contributed by atoms with Crippen LogP contribution in [0.3, 0.4) is 0 Å². The molecular weight excluding hydrogens is 317 g/mol.